The number of pyridine rings is 1. The summed E-state index contributed by atoms with van der Waals surface area (Å²) in [6.07, 6.45) is -3.34. The van der Waals surface area contributed by atoms with Gasteiger partial charge in [-0.25, -0.2) is 18.2 Å². The topological polar surface area (TPSA) is 60.5 Å². The van der Waals surface area contributed by atoms with Crippen molar-refractivity contribution in [3.8, 4) is 12.1 Å². The molecular weight excluding hydrogens is 207 g/mol. The monoisotopic (exact) mass is 211 g/mol. The third-order valence-electron chi connectivity index (χ3n) is 1.64. The van der Waals surface area contributed by atoms with Gasteiger partial charge in [-0.05, 0) is 6.07 Å². The first-order valence-electron chi connectivity index (χ1n) is 3.84. The summed E-state index contributed by atoms with van der Waals surface area (Å²) in [5.41, 5.74) is -1.64. The molecule has 1 aromatic heterocycles. The summed E-state index contributed by atoms with van der Waals surface area (Å²) in [6.45, 7) is 0. The Labute approximate surface area is 83.4 Å². The standard InChI is InChI=1S/C9H4F3N3/c10-8-5(4-14)3-7(9(11)12)15-6(8)1-2-13/h3,9H,1H2. The Morgan fingerprint density at radius 2 is 2.07 bits per heavy atom. The second kappa shape index (κ2) is 4.43. The SMILES string of the molecule is N#CCc1nc(C(F)F)cc(C#N)c1F. The summed E-state index contributed by atoms with van der Waals surface area (Å²) in [7, 11) is 0. The predicted octanol–water partition coefficient (Wildman–Crippen LogP) is 2.10. The van der Waals surface area contributed by atoms with Crippen LogP contribution in [0.4, 0.5) is 13.2 Å². The van der Waals surface area contributed by atoms with Crippen LogP contribution in [0.15, 0.2) is 6.07 Å². The van der Waals surface area contributed by atoms with Gasteiger partial charge >= 0.3 is 0 Å². The molecular formula is C9H4F3N3. The van der Waals surface area contributed by atoms with E-state index in [0.29, 0.717) is 6.07 Å². The molecule has 0 bridgehead atoms. The minimum Gasteiger partial charge on any atom is -0.248 e. The van der Waals surface area contributed by atoms with E-state index in [1.165, 1.54) is 6.07 Å². The van der Waals surface area contributed by atoms with Gasteiger partial charge in [-0.3, -0.25) is 0 Å². The fourth-order valence-electron chi connectivity index (χ4n) is 0.989. The molecule has 0 N–H and O–H groups in total. The highest BCUT2D eigenvalue weighted by Crippen LogP contribution is 2.21. The van der Waals surface area contributed by atoms with Crippen LogP contribution in [0.1, 0.15) is 23.4 Å². The Morgan fingerprint density at radius 1 is 1.40 bits per heavy atom. The number of hydrogen-bond donors (Lipinski definition) is 0. The van der Waals surface area contributed by atoms with E-state index >= 15 is 0 Å². The largest absolute Gasteiger partial charge is 0.280 e. The third-order valence-corrected chi connectivity index (χ3v) is 1.64. The predicted molar refractivity (Wildman–Crippen MR) is 43.2 cm³/mol. The van der Waals surface area contributed by atoms with Crippen molar-refractivity contribution in [3.63, 3.8) is 0 Å². The molecule has 1 rings (SSSR count). The zero-order valence-corrected chi connectivity index (χ0v) is 7.34. The van der Waals surface area contributed by atoms with Crippen LogP contribution in [-0.4, -0.2) is 4.98 Å². The van der Waals surface area contributed by atoms with Crippen LogP contribution >= 0.6 is 0 Å². The third kappa shape index (κ3) is 2.23. The molecule has 1 heterocycles. The highest BCUT2D eigenvalue weighted by Gasteiger charge is 2.17. The molecule has 0 fully saturated rings. The molecule has 6 heteroatoms. The molecule has 1 aromatic rings. The van der Waals surface area contributed by atoms with Crippen molar-refractivity contribution in [2.75, 3.05) is 0 Å². The van der Waals surface area contributed by atoms with Crippen LogP contribution in [0.25, 0.3) is 0 Å². The first-order valence-corrected chi connectivity index (χ1v) is 3.84. The summed E-state index contributed by atoms with van der Waals surface area (Å²) in [5.74, 6) is -1.01. The summed E-state index contributed by atoms with van der Waals surface area (Å²) in [4.78, 5) is 3.27. The lowest BCUT2D eigenvalue weighted by Gasteiger charge is -2.04. The fourth-order valence-corrected chi connectivity index (χ4v) is 0.989. The van der Waals surface area contributed by atoms with E-state index < -0.39 is 35.6 Å². The summed E-state index contributed by atoms with van der Waals surface area (Å²) < 4.78 is 37.7. The van der Waals surface area contributed by atoms with E-state index in [1.54, 1.807) is 6.07 Å². The highest BCUT2D eigenvalue weighted by molar-refractivity contribution is 5.35. The van der Waals surface area contributed by atoms with Crippen LogP contribution in [0, 0.1) is 28.5 Å². The Hall–Kier alpha value is -2.08. The van der Waals surface area contributed by atoms with Crippen LogP contribution in [-0.2, 0) is 6.42 Å². The maximum absolute atomic E-state index is 13.2. The summed E-state index contributed by atoms with van der Waals surface area (Å²) >= 11 is 0. The van der Waals surface area contributed by atoms with E-state index in [9.17, 15) is 13.2 Å². The van der Waals surface area contributed by atoms with E-state index in [1.807, 2.05) is 0 Å². The number of nitrogens with zero attached hydrogens (tertiary/aromatic N) is 3. The number of aromatic nitrogens is 1. The fraction of sp³-hybridized carbons (Fsp3) is 0.222. The zero-order chi connectivity index (χ0) is 11.4. The Kier molecular flexibility index (Phi) is 3.25. The zero-order valence-electron chi connectivity index (χ0n) is 7.34. The average Bonchev–Trinajstić information content (AvgIpc) is 2.21. The van der Waals surface area contributed by atoms with Gasteiger partial charge in [0.05, 0.1) is 23.7 Å². The molecule has 0 saturated heterocycles. The Morgan fingerprint density at radius 3 is 2.53 bits per heavy atom. The van der Waals surface area contributed by atoms with Gasteiger partial charge in [0.15, 0.2) is 5.82 Å². The number of halogens is 3. The quantitative estimate of drug-likeness (QED) is 0.752. The van der Waals surface area contributed by atoms with Gasteiger partial charge in [-0.15, -0.1) is 0 Å². The normalized spacial score (nSPS) is 9.73. The van der Waals surface area contributed by atoms with E-state index in [0.717, 1.165) is 0 Å². The molecule has 0 unspecified atom stereocenters. The second-order valence-corrected chi connectivity index (χ2v) is 2.60. The van der Waals surface area contributed by atoms with Crippen molar-refractivity contribution >= 4 is 0 Å². The van der Waals surface area contributed by atoms with Crippen molar-refractivity contribution in [3.05, 3.63) is 28.8 Å². The number of hydrogen-bond acceptors (Lipinski definition) is 3. The van der Waals surface area contributed by atoms with Gasteiger partial charge in [0.1, 0.15) is 11.8 Å². The maximum Gasteiger partial charge on any atom is 0.280 e. The van der Waals surface area contributed by atoms with Crippen molar-refractivity contribution in [1.82, 2.24) is 4.98 Å². The van der Waals surface area contributed by atoms with Crippen LogP contribution < -0.4 is 0 Å². The molecule has 0 spiro atoms. The van der Waals surface area contributed by atoms with Crippen molar-refractivity contribution < 1.29 is 13.2 Å². The van der Waals surface area contributed by atoms with Gasteiger partial charge in [0.25, 0.3) is 6.43 Å². The van der Waals surface area contributed by atoms with Crippen molar-refractivity contribution in [1.29, 1.82) is 10.5 Å². The van der Waals surface area contributed by atoms with Gasteiger partial charge in [-0.2, -0.15) is 10.5 Å². The molecule has 0 aromatic carbocycles. The van der Waals surface area contributed by atoms with E-state index in [2.05, 4.69) is 4.98 Å². The smallest absolute Gasteiger partial charge is 0.248 e. The molecule has 0 amide bonds. The van der Waals surface area contributed by atoms with Crippen LogP contribution in [0.5, 0.6) is 0 Å². The van der Waals surface area contributed by atoms with Crippen molar-refractivity contribution in [2.45, 2.75) is 12.8 Å². The molecule has 0 saturated carbocycles. The molecule has 15 heavy (non-hydrogen) atoms. The number of rotatable bonds is 2. The minimum atomic E-state index is -2.89. The Balaban J connectivity index is 3.34. The molecule has 0 aliphatic rings. The van der Waals surface area contributed by atoms with Gasteiger partial charge < -0.3 is 0 Å². The molecule has 3 nitrogen and oxygen atoms in total. The lowest BCUT2D eigenvalue weighted by atomic mass is 10.1. The van der Waals surface area contributed by atoms with Crippen molar-refractivity contribution in [2.24, 2.45) is 0 Å². The van der Waals surface area contributed by atoms with Crippen LogP contribution in [0.2, 0.25) is 0 Å². The second-order valence-electron chi connectivity index (χ2n) is 2.60. The maximum atomic E-state index is 13.2. The molecule has 0 radical (unpaired) electrons. The van der Waals surface area contributed by atoms with E-state index in [-0.39, 0.29) is 0 Å². The first kappa shape index (κ1) is 11.0. The van der Waals surface area contributed by atoms with Crippen LogP contribution in [0.3, 0.4) is 0 Å². The average molecular weight is 211 g/mol. The highest BCUT2D eigenvalue weighted by atomic mass is 19.3. The lowest BCUT2D eigenvalue weighted by molar-refractivity contribution is 0.145. The van der Waals surface area contributed by atoms with Gasteiger partial charge in [-0.1, -0.05) is 0 Å². The lowest BCUT2D eigenvalue weighted by Crippen LogP contribution is -2.02. The molecule has 0 aliphatic heterocycles. The first-order chi connectivity index (χ1) is 7.10. The summed E-state index contributed by atoms with van der Waals surface area (Å²) in [6, 6.07) is 3.70. The number of alkyl halides is 2. The minimum absolute atomic E-state index is 0.424. The van der Waals surface area contributed by atoms with E-state index in [4.69, 9.17) is 10.5 Å². The van der Waals surface area contributed by atoms with Gasteiger partial charge in [0, 0.05) is 0 Å². The molecule has 0 aliphatic carbocycles. The molecule has 76 valence electrons. The Bertz CT molecular complexity index is 457. The summed E-state index contributed by atoms with van der Waals surface area (Å²) in [5, 5.41) is 16.8. The number of nitriles is 2. The molecule has 0 atom stereocenters. The van der Waals surface area contributed by atoms with Gasteiger partial charge in [0.2, 0.25) is 0 Å².